The Bertz CT molecular complexity index is 1080. The zero-order valence-electron chi connectivity index (χ0n) is 18.8. The van der Waals surface area contributed by atoms with Crippen molar-refractivity contribution in [3.05, 3.63) is 96.1 Å². The van der Waals surface area contributed by atoms with Gasteiger partial charge in [-0.1, -0.05) is 60.7 Å². The summed E-state index contributed by atoms with van der Waals surface area (Å²) in [4.78, 5) is 12.7. The zero-order valence-corrected chi connectivity index (χ0v) is 19.6. The van der Waals surface area contributed by atoms with Gasteiger partial charge >= 0.3 is 5.97 Å². The second kappa shape index (κ2) is 11.1. The molecule has 0 atom stereocenters. The SMILES string of the molecule is COc1ccc(S(=O)(=O)C(CCCc2ccccc2)(CCCc2ccccc2)C(=O)O)cc1. The lowest BCUT2D eigenvalue weighted by molar-refractivity contribution is -0.140. The summed E-state index contributed by atoms with van der Waals surface area (Å²) < 4.78 is 30.8. The highest BCUT2D eigenvalue weighted by atomic mass is 32.2. The molecule has 3 aromatic rings. The van der Waals surface area contributed by atoms with Crippen molar-refractivity contribution in [2.45, 2.75) is 48.2 Å². The third kappa shape index (κ3) is 5.82. The summed E-state index contributed by atoms with van der Waals surface area (Å²) in [6.07, 6.45) is 2.23. The number of carboxylic acid groups (broad SMARTS) is 1. The van der Waals surface area contributed by atoms with Gasteiger partial charge in [0.25, 0.3) is 0 Å². The smallest absolute Gasteiger partial charge is 0.325 e. The Kier molecular flexibility index (Phi) is 8.28. The van der Waals surface area contributed by atoms with E-state index >= 15 is 0 Å². The molecular weight excluding hydrogens is 436 g/mol. The molecule has 3 rings (SSSR count). The summed E-state index contributed by atoms with van der Waals surface area (Å²) in [6, 6.07) is 25.4. The van der Waals surface area contributed by atoms with E-state index < -0.39 is 20.6 Å². The quantitative estimate of drug-likeness (QED) is 0.390. The highest BCUT2D eigenvalue weighted by molar-refractivity contribution is 7.93. The minimum Gasteiger partial charge on any atom is -0.497 e. The van der Waals surface area contributed by atoms with E-state index in [0.29, 0.717) is 31.4 Å². The molecule has 1 N–H and O–H groups in total. The fourth-order valence-electron chi connectivity index (χ4n) is 4.15. The van der Waals surface area contributed by atoms with Gasteiger partial charge in [0.15, 0.2) is 14.6 Å². The second-order valence-corrected chi connectivity index (χ2v) is 10.4. The topological polar surface area (TPSA) is 80.7 Å². The summed E-state index contributed by atoms with van der Waals surface area (Å²) in [7, 11) is -2.65. The number of carbonyl (C=O) groups is 1. The molecule has 0 aliphatic carbocycles. The van der Waals surface area contributed by atoms with E-state index in [9.17, 15) is 18.3 Å². The Morgan fingerprint density at radius 3 is 1.64 bits per heavy atom. The lowest BCUT2D eigenvalue weighted by atomic mass is 9.92. The van der Waals surface area contributed by atoms with Crippen LogP contribution in [-0.2, 0) is 27.5 Å². The first-order valence-corrected chi connectivity index (χ1v) is 12.6. The Morgan fingerprint density at radius 1 is 0.788 bits per heavy atom. The Hall–Kier alpha value is -3.12. The van der Waals surface area contributed by atoms with Gasteiger partial charge in [-0.3, -0.25) is 4.79 Å². The van der Waals surface area contributed by atoms with E-state index in [1.54, 1.807) is 12.1 Å². The number of benzene rings is 3. The standard InChI is InChI=1S/C27H30O5S/c1-32-24-16-18-25(19-17-24)33(30,31)27(26(28)29,20-8-14-22-10-4-2-5-11-22)21-9-15-23-12-6-3-7-13-23/h2-7,10-13,16-19H,8-9,14-15,20-21H2,1H3,(H,28,29). The number of hydrogen-bond donors (Lipinski definition) is 1. The Balaban J connectivity index is 1.89. The minimum atomic E-state index is -4.15. The van der Waals surface area contributed by atoms with Crippen molar-refractivity contribution in [2.75, 3.05) is 7.11 Å². The molecule has 174 valence electrons. The molecule has 0 heterocycles. The van der Waals surface area contributed by atoms with Crippen LogP contribution >= 0.6 is 0 Å². The number of methoxy groups -OCH3 is 1. The van der Waals surface area contributed by atoms with Crippen LogP contribution in [0.25, 0.3) is 0 Å². The van der Waals surface area contributed by atoms with Crippen LogP contribution in [-0.4, -0.2) is 31.4 Å². The lowest BCUT2D eigenvalue weighted by Crippen LogP contribution is -2.46. The number of sulfone groups is 1. The van der Waals surface area contributed by atoms with E-state index in [4.69, 9.17) is 4.74 Å². The van der Waals surface area contributed by atoms with Gasteiger partial charge in [-0.25, -0.2) is 8.42 Å². The third-order valence-corrected chi connectivity index (χ3v) is 8.56. The Labute approximate surface area is 196 Å². The largest absolute Gasteiger partial charge is 0.497 e. The summed E-state index contributed by atoms with van der Waals surface area (Å²) >= 11 is 0. The summed E-state index contributed by atoms with van der Waals surface area (Å²) in [5, 5.41) is 10.3. The summed E-state index contributed by atoms with van der Waals surface area (Å²) in [5.41, 5.74) is 2.12. The average molecular weight is 467 g/mol. The predicted octanol–water partition coefficient (Wildman–Crippen LogP) is 5.34. The molecule has 0 fully saturated rings. The molecule has 0 radical (unpaired) electrons. The first kappa shape index (κ1) is 24.5. The fourth-order valence-corrected chi connectivity index (χ4v) is 6.15. The van der Waals surface area contributed by atoms with Crippen molar-refractivity contribution in [1.82, 2.24) is 0 Å². The maximum Gasteiger partial charge on any atom is 0.325 e. The third-order valence-electron chi connectivity index (χ3n) is 6.05. The van der Waals surface area contributed by atoms with Crippen LogP contribution in [0.5, 0.6) is 5.75 Å². The second-order valence-electron chi connectivity index (χ2n) is 8.16. The highest BCUT2D eigenvalue weighted by Crippen LogP contribution is 2.36. The number of ether oxygens (including phenoxy) is 1. The molecule has 0 amide bonds. The van der Waals surface area contributed by atoms with Crippen LogP contribution in [0, 0.1) is 0 Å². The van der Waals surface area contributed by atoms with Crippen molar-refractivity contribution in [1.29, 1.82) is 0 Å². The maximum atomic E-state index is 13.8. The molecule has 6 heteroatoms. The van der Waals surface area contributed by atoms with Crippen LogP contribution in [0.4, 0.5) is 0 Å². The minimum absolute atomic E-state index is 0.00474. The fraction of sp³-hybridized carbons (Fsp3) is 0.296. The maximum absolute atomic E-state index is 13.8. The van der Waals surface area contributed by atoms with Gasteiger partial charge in [-0.2, -0.15) is 0 Å². The number of hydrogen-bond acceptors (Lipinski definition) is 4. The average Bonchev–Trinajstić information content (AvgIpc) is 2.84. The van der Waals surface area contributed by atoms with E-state index in [0.717, 1.165) is 11.1 Å². The molecule has 3 aromatic carbocycles. The molecular formula is C27H30O5S. The first-order chi connectivity index (χ1) is 15.9. The molecule has 0 saturated heterocycles. The van der Waals surface area contributed by atoms with Crippen molar-refractivity contribution in [3.8, 4) is 5.75 Å². The van der Waals surface area contributed by atoms with E-state index in [2.05, 4.69) is 0 Å². The monoisotopic (exact) mass is 466 g/mol. The van der Waals surface area contributed by atoms with E-state index in [-0.39, 0.29) is 17.7 Å². The first-order valence-electron chi connectivity index (χ1n) is 11.1. The highest BCUT2D eigenvalue weighted by Gasteiger charge is 2.50. The molecule has 0 bridgehead atoms. The van der Waals surface area contributed by atoms with Gasteiger partial charge in [0.2, 0.25) is 0 Å². The van der Waals surface area contributed by atoms with Crippen LogP contribution in [0.15, 0.2) is 89.8 Å². The zero-order chi connectivity index (χ0) is 23.7. The normalized spacial score (nSPS) is 11.8. The van der Waals surface area contributed by atoms with Crippen LogP contribution in [0.3, 0.4) is 0 Å². The molecule has 5 nitrogen and oxygen atoms in total. The van der Waals surface area contributed by atoms with Crippen LogP contribution < -0.4 is 4.74 Å². The van der Waals surface area contributed by atoms with Gasteiger partial charge in [0, 0.05) is 0 Å². The number of aliphatic carboxylic acids is 1. The van der Waals surface area contributed by atoms with Crippen molar-refractivity contribution in [3.63, 3.8) is 0 Å². The van der Waals surface area contributed by atoms with Gasteiger partial charge in [-0.15, -0.1) is 0 Å². The summed E-state index contributed by atoms with van der Waals surface area (Å²) in [5.74, 6) is -0.775. The van der Waals surface area contributed by atoms with Gasteiger partial charge in [0.05, 0.1) is 12.0 Å². The molecule has 0 unspecified atom stereocenters. The van der Waals surface area contributed by atoms with Gasteiger partial charge < -0.3 is 9.84 Å². The predicted molar refractivity (Wildman–Crippen MR) is 129 cm³/mol. The molecule has 0 spiro atoms. The van der Waals surface area contributed by atoms with Crippen LogP contribution in [0.2, 0.25) is 0 Å². The lowest BCUT2D eigenvalue weighted by Gasteiger charge is -2.29. The number of aryl methyl sites for hydroxylation is 2. The van der Waals surface area contributed by atoms with Gasteiger partial charge in [-0.05, 0) is 73.9 Å². The van der Waals surface area contributed by atoms with Crippen molar-refractivity contribution in [2.24, 2.45) is 0 Å². The van der Waals surface area contributed by atoms with Gasteiger partial charge in [0.1, 0.15) is 5.75 Å². The van der Waals surface area contributed by atoms with Crippen LogP contribution in [0.1, 0.15) is 36.8 Å². The molecule has 33 heavy (non-hydrogen) atoms. The molecule has 0 aliphatic rings. The van der Waals surface area contributed by atoms with E-state index in [1.807, 2.05) is 60.7 Å². The molecule has 0 aliphatic heterocycles. The Morgan fingerprint density at radius 2 is 1.24 bits per heavy atom. The van der Waals surface area contributed by atoms with Crippen molar-refractivity contribution >= 4 is 15.8 Å². The van der Waals surface area contributed by atoms with E-state index in [1.165, 1.54) is 19.2 Å². The number of carboxylic acids is 1. The molecule has 0 aromatic heterocycles. The number of rotatable bonds is 12. The van der Waals surface area contributed by atoms with Crippen molar-refractivity contribution < 1.29 is 23.1 Å². The molecule has 0 saturated carbocycles. The summed E-state index contributed by atoms with van der Waals surface area (Å²) in [6.45, 7) is 0.